The summed E-state index contributed by atoms with van der Waals surface area (Å²) in [6.07, 6.45) is 0. The molecule has 0 aliphatic carbocycles. The highest BCUT2D eigenvalue weighted by Gasteiger charge is 2.18. The molecule has 0 saturated carbocycles. The standard InChI is InChI=1S/C9H11ClO3S/c1-9(2,11)6-3-7(10)5-8(4-6)14(12)13/h3-5,11H,1-2H3,(H,12,13). The van der Waals surface area contributed by atoms with Gasteiger partial charge in [0.05, 0.1) is 10.5 Å². The summed E-state index contributed by atoms with van der Waals surface area (Å²) < 4.78 is 19.7. The minimum atomic E-state index is -2.08. The third-order valence-electron chi connectivity index (χ3n) is 1.78. The third kappa shape index (κ3) is 2.78. The predicted molar refractivity (Wildman–Crippen MR) is 55.7 cm³/mol. The molecule has 5 heteroatoms. The maximum absolute atomic E-state index is 10.8. The molecule has 0 spiro atoms. The number of benzene rings is 1. The molecule has 0 aromatic heterocycles. The Morgan fingerprint density at radius 2 is 1.93 bits per heavy atom. The van der Waals surface area contributed by atoms with Gasteiger partial charge in [-0.1, -0.05) is 11.6 Å². The lowest BCUT2D eigenvalue weighted by Crippen LogP contribution is -2.15. The first-order valence-electron chi connectivity index (χ1n) is 3.95. The van der Waals surface area contributed by atoms with Crippen LogP contribution in [0.3, 0.4) is 0 Å². The van der Waals surface area contributed by atoms with Crippen molar-refractivity contribution in [1.82, 2.24) is 0 Å². The molecule has 0 aliphatic rings. The van der Waals surface area contributed by atoms with E-state index in [1.54, 1.807) is 19.9 Å². The Balaban J connectivity index is 3.28. The van der Waals surface area contributed by atoms with E-state index in [4.69, 9.17) is 16.2 Å². The minimum absolute atomic E-state index is 0.189. The number of hydrogen-bond acceptors (Lipinski definition) is 2. The molecular formula is C9H11ClO3S. The second-order valence-corrected chi connectivity index (χ2v) is 4.89. The van der Waals surface area contributed by atoms with Gasteiger partial charge in [-0.25, -0.2) is 4.21 Å². The Labute approximate surface area is 90.0 Å². The zero-order chi connectivity index (χ0) is 10.9. The van der Waals surface area contributed by atoms with Crippen molar-refractivity contribution in [3.05, 3.63) is 28.8 Å². The monoisotopic (exact) mass is 234 g/mol. The molecule has 1 aromatic carbocycles. The average molecular weight is 235 g/mol. The predicted octanol–water partition coefficient (Wildman–Crippen LogP) is 2.15. The molecule has 1 aromatic rings. The van der Waals surface area contributed by atoms with Crippen LogP contribution in [-0.2, 0) is 16.7 Å². The topological polar surface area (TPSA) is 57.5 Å². The lowest BCUT2D eigenvalue weighted by atomic mass is 9.99. The highest BCUT2D eigenvalue weighted by atomic mass is 35.5. The maximum atomic E-state index is 10.8. The van der Waals surface area contributed by atoms with Crippen molar-refractivity contribution in [3.8, 4) is 0 Å². The molecule has 0 heterocycles. The summed E-state index contributed by atoms with van der Waals surface area (Å²) in [7, 11) is 0. The summed E-state index contributed by atoms with van der Waals surface area (Å²) in [6, 6.07) is 4.42. The van der Waals surface area contributed by atoms with Gasteiger partial charge in [0.1, 0.15) is 0 Å². The fraction of sp³-hybridized carbons (Fsp3) is 0.333. The zero-order valence-corrected chi connectivity index (χ0v) is 9.39. The van der Waals surface area contributed by atoms with Gasteiger partial charge in [0.2, 0.25) is 0 Å². The van der Waals surface area contributed by atoms with Crippen molar-refractivity contribution >= 4 is 22.7 Å². The molecule has 0 aliphatic heterocycles. The lowest BCUT2D eigenvalue weighted by molar-refractivity contribution is 0.0784. The first-order chi connectivity index (χ1) is 6.30. The minimum Gasteiger partial charge on any atom is -0.386 e. The summed E-state index contributed by atoms with van der Waals surface area (Å²) in [4.78, 5) is 0.189. The van der Waals surface area contributed by atoms with Gasteiger partial charge in [0.25, 0.3) is 0 Å². The lowest BCUT2D eigenvalue weighted by Gasteiger charge is -2.18. The van der Waals surface area contributed by atoms with Crippen molar-refractivity contribution < 1.29 is 13.9 Å². The SMILES string of the molecule is CC(C)(O)c1cc(Cl)cc(S(=O)O)c1. The zero-order valence-electron chi connectivity index (χ0n) is 7.82. The van der Waals surface area contributed by atoms with Gasteiger partial charge in [0.15, 0.2) is 11.1 Å². The van der Waals surface area contributed by atoms with Crippen LogP contribution < -0.4 is 0 Å². The largest absolute Gasteiger partial charge is 0.386 e. The Morgan fingerprint density at radius 3 is 2.36 bits per heavy atom. The fourth-order valence-electron chi connectivity index (χ4n) is 1.02. The molecule has 1 atom stereocenters. The van der Waals surface area contributed by atoms with Crippen LogP contribution in [-0.4, -0.2) is 13.9 Å². The van der Waals surface area contributed by atoms with Crippen molar-refractivity contribution in [2.24, 2.45) is 0 Å². The van der Waals surface area contributed by atoms with Crippen LogP contribution in [0.5, 0.6) is 0 Å². The smallest absolute Gasteiger partial charge is 0.186 e. The van der Waals surface area contributed by atoms with Gasteiger partial charge in [0, 0.05) is 5.02 Å². The Morgan fingerprint density at radius 1 is 1.36 bits per heavy atom. The Bertz CT molecular complexity index is 371. The quantitative estimate of drug-likeness (QED) is 0.771. The summed E-state index contributed by atoms with van der Waals surface area (Å²) in [5, 5.41) is 10.0. The molecule has 2 N–H and O–H groups in total. The molecule has 0 saturated heterocycles. The highest BCUT2D eigenvalue weighted by molar-refractivity contribution is 7.79. The molecule has 0 bridgehead atoms. The van der Waals surface area contributed by atoms with Gasteiger partial charge in [-0.2, -0.15) is 0 Å². The van der Waals surface area contributed by atoms with E-state index in [2.05, 4.69) is 0 Å². The van der Waals surface area contributed by atoms with Crippen molar-refractivity contribution in [3.63, 3.8) is 0 Å². The van der Waals surface area contributed by atoms with E-state index in [0.717, 1.165) is 0 Å². The van der Waals surface area contributed by atoms with E-state index >= 15 is 0 Å². The molecule has 0 amide bonds. The van der Waals surface area contributed by atoms with Crippen LogP contribution in [0.4, 0.5) is 0 Å². The molecule has 1 rings (SSSR count). The normalized spacial score (nSPS) is 14.1. The van der Waals surface area contributed by atoms with Crippen LogP contribution in [0.25, 0.3) is 0 Å². The number of aliphatic hydroxyl groups is 1. The first kappa shape index (κ1) is 11.7. The fourth-order valence-corrected chi connectivity index (χ4v) is 1.77. The highest BCUT2D eigenvalue weighted by Crippen LogP contribution is 2.25. The molecule has 78 valence electrons. The van der Waals surface area contributed by atoms with Gasteiger partial charge < -0.3 is 9.66 Å². The van der Waals surface area contributed by atoms with Crippen LogP contribution >= 0.6 is 11.6 Å². The third-order valence-corrected chi connectivity index (χ3v) is 2.64. The molecular weight excluding hydrogens is 224 g/mol. The van der Waals surface area contributed by atoms with E-state index in [1.165, 1.54) is 12.1 Å². The Kier molecular flexibility index (Phi) is 3.32. The van der Waals surface area contributed by atoms with Crippen molar-refractivity contribution in [2.45, 2.75) is 24.3 Å². The van der Waals surface area contributed by atoms with Gasteiger partial charge in [-0.3, -0.25) is 0 Å². The van der Waals surface area contributed by atoms with Crippen molar-refractivity contribution in [2.75, 3.05) is 0 Å². The van der Waals surface area contributed by atoms with Crippen LogP contribution in [0.15, 0.2) is 23.1 Å². The average Bonchev–Trinajstić information content (AvgIpc) is 2.01. The molecule has 14 heavy (non-hydrogen) atoms. The van der Waals surface area contributed by atoms with Crippen molar-refractivity contribution in [1.29, 1.82) is 0 Å². The van der Waals surface area contributed by atoms with E-state index in [-0.39, 0.29) is 4.90 Å². The van der Waals surface area contributed by atoms with E-state index < -0.39 is 16.7 Å². The number of halogens is 1. The van der Waals surface area contributed by atoms with Crippen LogP contribution in [0.1, 0.15) is 19.4 Å². The van der Waals surface area contributed by atoms with Crippen LogP contribution in [0.2, 0.25) is 5.02 Å². The van der Waals surface area contributed by atoms with E-state index in [9.17, 15) is 9.32 Å². The summed E-state index contributed by atoms with van der Waals surface area (Å²) in [6.45, 7) is 3.17. The molecule has 1 unspecified atom stereocenters. The van der Waals surface area contributed by atoms with Gasteiger partial charge in [-0.15, -0.1) is 0 Å². The second kappa shape index (κ2) is 3.98. The summed E-state index contributed by atoms with van der Waals surface area (Å²) in [5.41, 5.74) is -0.554. The van der Waals surface area contributed by atoms with Gasteiger partial charge >= 0.3 is 0 Å². The van der Waals surface area contributed by atoms with Gasteiger partial charge in [-0.05, 0) is 37.6 Å². The molecule has 0 radical (unpaired) electrons. The number of rotatable bonds is 2. The molecule has 3 nitrogen and oxygen atoms in total. The first-order valence-corrected chi connectivity index (χ1v) is 5.43. The summed E-state index contributed by atoms with van der Waals surface area (Å²) >= 11 is 3.66. The van der Waals surface area contributed by atoms with E-state index in [1.807, 2.05) is 0 Å². The van der Waals surface area contributed by atoms with E-state index in [0.29, 0.717) is 10.6 Å². The maximum Gasteiger partial charge on any atom is 0.186 e. The second-order valence-electron chi connectivity index (χ2n) is 3.48. The Hall–Kier alpha value is -0.420. The molecule has 0 fully saturated rings. The van der Waals surface area contributed by atoms with Crippen LogP contribution in [0, 0.1) is 0 Å². The number of hydrogen-bond donors (Lipinski definition) is 2. The summed E-state index contributed by atoms with van der Waals surface area (Å²) in [5.74, 6) is 0.